The Labute approximate surface area is 88.8 Å². The third-order valence-electron chi connectivity index (χ3n) is 3.98. The van der Waals surface area contributed by atoms with Gasteiger partial charge in [-0.15, -0.1) is 11.8 Å². The molecule has 0 aliphatic carbocycles. The maximum Gasteiger partial charge on any atom is 0.244 e. The van der Waals surface area contributed by atoms with E-state index in [1.165, 1.54) is 6.42 Å². The highest BCUT2D eigenvalue weighted by Crippen LogP contribution is 2.46. The summed E-state index contributed by atoms with van der Waals surface area (Å²) in [7, 11) is 2.11. The normalized spacial score (nSPS) is 42.8. The number of hydrogen-bond acceptors (Lipinski definition) is 3. The standard InChI is InChI=1S/C10H16N2OS/c1-11-4-2-3-10(11)7-8-12(9(10)13)5-6-14-8/h8H,2-7H2,1H3/t8-,10-/m1/s1. The van der Waals surface area contributed by atoms with Crippen molar-refractivity contribution in [1.29, 1.82) is 0 Å². The van der Waals surface area contributed by atoms with Gasteiger partial charge in [-0.25, -0.2) is 0 Å². The lowest BCUT2D eigenvalue weighted by Gasteiger charge is -2.29. The van der Waals surface area contributed by atoms with Crippen molar-refractivity contribution in [3.63, 3.8) is 0 Å². The summed E-state index contributed by atoms with van der Waals surface area (Å²) in [6.07, 6.45) is 3.33. The van der Waals surface area contributed by atoms with Gasteiger partial charge < -0.3 is 4.90 Å². The summed E-state index contributed by atoms with van der Waals surface area (Å²) >= 11 is 1.96. The van der Waals surface area contributed by atoms with Crippen LogP contribution in [0, 0.1) is 0 Å². The molecule has 3 rings (SSSR count). The molecule has 0 bridgehead atoms. The van der Waals surface area contributed by atoms with Gasteiger partial charge in [-0.05, 0) is 26.4 Å². The lowest BCUT2D eigenvalue weighted by molar-refractivity contribution is -0.135. The van der Waals surface area contributed by atoms with E-state index >= 15 is 0 Å². The Balaban J connectivity index is 1.93. The average Bonchev–Trinajstić information content (AvgIpc) is 2.79. The molecule has 0 aromatic carbocycles. The maximum absolute atomic E-state index is 12.3. The number of thioether (sulfide) groups is 1. The van der Waals surface area contributed by atoms with Gasteiger partial charge in [-0.2, -0.15) is 0 Å². The molecule has 0 saturated carbocycles. The summed E-state index contributed by atoms with van der Waals surface area (Å²) in [6, 6.07) is 0. The van der Waals surface area contributed by atoms with Crippen LogP contribution in [0.15, 0.2) is 0 Å². The van der Waals surface area contributed by atoms with E-state index in [9.17, 15) is 4.79 Å². The zero-order chi connectivity index (χ0) is 9.76. The van der Waals surface area contributed by atoms with Gasteiger partial charge in [0.05, 0.1) is 5.37 Å². The number of nitrogens with zero attached hydrogens (tertiary/aromatic N) is 2. The van der Waals surface area contributed by atoms with Gasteiger partial charge in [0, 0.05) is 18.7 Å². The van der Waals surface area contributed by atoms with Crippen molar-refractivity contribution in [2.24, 2.45) is 0 Å². The molecule has 3 saturated heterocycles. The summed E-state index contributed by atoms with van der Waals surface area (Å²) in [6.45, 7) is 2.07. The first kappa shape index (κ1) is 9.04. The zero-order valence-corrected chi connectivity index (χ0v) is 9.35. The van der Waals surface area contributed by atoms with Crippen LogP contribution < -0.4 is 0 Å². The van der Waals surface area contributed by atoms with Crippen LogP contribution in [0.3, 0.4) is 0 Å². The van der Waals surface area contributed by atoms with Crippen LogP contribution in [0.5, 0.6) is 0 Å². The molecule has 1 spiro atoms. The fourth-order valence-corrected chi connectivity index (χ4v) is 4.46. The predicted octanol–water partition coefficient (Wildman–Crippen LogP) is 0.756. The van der Waals surface area contributed by atoms with Crippen molar-refractivity contribution in [1.82, 2.24) is 9.80 Å². The van der Waals surface area contributed by atoms with E-state index in [1.54, 1.807) is 0 Å². The molecule has 3 aliphatic heterocycles. The molecular formula is C10H16N2OS. The van der Waals surface area contributed by atoms with Crippen LogP contribution in [0.2, 0.25) is 0 Å². The van der Waals surface area contributed by atoms with Crippen molar-refractivity contribution >= 4 is 17.7 Å². The zero-order valence-electron chi connectivity index (χ0n) is 8.53. The van der Waals surface area contributed by atoms with Crippen molar-refractivity contribution in [3.8, 4) is 0 Å². The third kappa shape index (κ3) is 0.959. The molecule has 3 nitrogen and oxygen atoms in total. The van der Waals surface area contributed by atoms with Crippen molar-refractivity contribution < 1.29 is 4.79 Å². The molecule has 78 valence electrons. The van der Waals surface area contributed by atoms with Crippen LogP contribution in [0.4, 0.5) is 0 Å². The minimum Gasteiger partial charge on any atom is -0.328 e. The van der Waals surface area contributed by atoms with E-state index in [0.717, 1.165) is 31.7 Å². The number of likely N-dealkylation sites (N-methyl/N-ethyl adjacent to an activating group) is 1. The molecule has 1 amide bonds. The molecule has 0 unspecified atom stereocenters. The molecule has 2 atom stereocenters. The summed E-state index contributed by atoms with van der Waals surface area (Å²) < 4.78 is 0. The molecule has 3 heterocycles. The van der Waals surface area contributed by atoms with E-state index in [0.29, 0.717) is 11.3 Å². The van der Waals surface area contributed by atoms with E-state index in [1.807, 2.05) is 11.8 Å². The number of fused-ring (bicyclic) bond motifs is 1. The molecule has 3 aliphatic rings. The predicted molar refractivity (Wildman–Crippen MR) is 57.2 cm³/mol. The summed E-state index contributed by atoms with van der Waals surface area (Å²) in [4.78, 5) is 16.7. The minimum absolute atomic E-state index is 0.0991. The number of likely N-dealkylation sites (tertiary alicyclic amines) is 1. The second-order valence-corrected chi connectivity index (χ2v) is 5.87. The van der Waals surface area contributed by atoms with E-state index in [-0.39, 0.29) is 5.54 Å². The Morgan fingerprint density at radius 1 is 1.50 bits per heavy atom. The number of carbonyl (C=O) groups excluding carboxylic acids is 1. The second kappa shape index (κ2) is 2.89. The van der Waals surface area contributed by atoms with E-state index in [2.05, 4.69) is 16.8 Å². The lowest BCUT2D eigenvalue weighted by atomic mass is 9.94. The van der Waals surface area contributed by atoms with Crippen molar-refractivity contribution in [2.75, 3.05) is 25.9 Å². The summed E-state index contributed by atoms with van der Waals surface area (Å²) in [5, 5.41) is 0.489. The first-order chi connectivity index (χ1) is 6.74. The molecular weight excluding hydrogens is 196 g/mol. The van der Waals surface area contributed by atoms with Crippen LogP contribution in [-0.2, 0) is 4.79 Å². The number of carbonyl (C=O) groups is 1. The largest absolute Gasteiger partial charge is 0.328 e. The number of amides is 1. The highest BCUT2D eigenvalue weighted by molar-refractivity contribution is 8.00. The molecule has 0 aromatic rings. The Kier molecular flexibility index (Phi) is 1.86. The Bertz CT molecular complexity index is 283. The third-order valence-corrected chi connectivity index (χ3v) is 5.20. The molecule has 3 fully saturated rings. The van der Waals surface area contributed by atoms with Crippen molar-refractivity contribution in [2.45, 2.75) is 30.2 Å². The van der Waals surface area contributed by atoms with Gasteiger partial charge in [0.15, 0.2) is 0 Å². The van der Waals surface area contributed by atoms with Gasteiger partial charge in [0.2, 0.25) is 5.91 Å². The number of hydrogen-bond donors (Lipinski definition) is 0. The summed E-state index contributed by atoms with van der Waals surface area (Å²) in [5.41, 5.74) is -0.0991. The van der Waals surface area contributed by atoms with Gasteiger partial charge in [0.1, 0.15) is 5.54 Å². The maximum atomic E-state index is 12.3. The lowest BCUT2D eigenvalue weighted by Crippen LogP contribution is -2.48. The molecule has 4 heteroatoms. The van der Waals surface area contributed by atoms with Crippen LogP contribution in [-0.4, -0.2) is 52.5 Å². The van der Waals surface area contributed by atoms with E-state index < -0.39 is 0 Å². The molecule has 0 N–H and O–H groups in total. The van der Waals surface area contributed by atoms with Crippen LogP contribution in [0.25, 0.3) is 0 Å². The number of rotatable bonds is 0. The Morgan fingerprint density at radius 2 is 2.36 bits per heavy atom. The van der Waals surface area contributed by atoms with Gasteiger partial charge in [0.25, 0.3) is 0 Å². The minimum atomic E-state index is -0.0991. The topological polar surface area (TPSA) is 23.6 Å². The van der Waals surface area contributed by atoms with Crippen LogP contribution >= 0.6 is 11.8 Å². The van der Waals surface area contributed by atoms with Crippen LogP contribution in [0.1, 0.15) is 19.3 Å². The molecule has 14 heavy (non-hydrogen) atoms. The average molecular weight is 212 g/mol. The monoisotopic (exact) mass is 212 g/mol. The quantitative estimate of drug-likeness (QED) is 0.592. The highest BCUT2D eigenvalue weighted by Gasteiger charge is 2.56. The summed E-state index contributed by atoms with van der Waals surface area (Å²) in [5.74, 6) is 1.54. The van der Waals surface area contributed by atoms with E-state index in [4.69, 9.17) is 0 Å². The first-order valence-corrected chi connectivity index (χ1v) is 6.43. The highest BCUT2D eigenvalue weighted by atomic mass is 32.2. The second-order valence-electron chi connectivity index (χ2n) is 4.58. The first-order valence-electron chi connectivity index (χ1n) is 5.38. The smallest absolute Gasteiger partial charge is 0.244 e. The van der Waals surface area contributed by atoms with Gasteiger partial charge in [-0.3, -0.25) is 9.69 Å². The Morgan fingerprint density at radius 3 is 3.00 bits per heavy atom. The van der Waals surface area contributed by atoms with Crippen molar-refractivity contribution in [3.05, 3.63) is 0 Å². The molecule has 0 aromatic heterocycles. The fraction of sp³-hybridized carbons (Fsp3) is 0.900. The van der Waals surface area contributed by atoms with Gasteiger partial charge in [-0.1, -0.05) is 0 Å². The fourth-order valence-electron chi connectivity index (χ4n) is 3.11. The SMILES string of the molecule is CN1CCC[C@]12C[C@H]1SCCN1C2=O. The molecule has 0 radical (unpaired) electrons. The van der Waals surface area contributed by atoms with Gasteiger partial charge >= 0.3 is 0 Å². The Hall–Kier alpha value is -0.220.